The fraction of sp³-hybridized carbons (Fsp3) is 0.900. The molecule has 0 unspecified atom stereocenters. The maximum Gasteiger partial charge on any atom is 0.156 e. The predicted molar refractivity (Wildman–Crippen MR) is 63.0 cm³/mol. The van der Waals surface area contributed by atoms with Crippen LogP contribution in [-0.4, -0.2) is 47.5 Å². The minimum Gasteiger partial charge on any atom is -0.360 e. The third-order valence-corrected chi connectivity index (χ3v) is 3.78. The van der Waals surface area contributed by atoms with Crippen LogP contribution in [0.15, 0.2) is 4.99 Å². The van der Waals surface area contributed by atoms with Crippen LogP contribution in [0.4, 0.5) is 0 Å². The summed E-state index contributed by atoms with van der Waals surface area (Å²) in [4.78, 5) is 6.95. The Hall–Kier alpha value is -0.220. The summed E-state index contributed by atoms with van der Waals surface area (Å²) in [5.74, 6) is 1.23. The van der Waals surface area contributed by atoms with E-state index in [1.807, 2.05) is 11.8 Å². The lowest BCUT2D eigenvalue weighted by molar-refractivity contribution is 0.103. The van der Waals surface area contributed by atoms with Crippen LogP contribution in [0.25, 0.3) is 0 Å². The molecule has 0 aromatic heterocycles. The Morgan fingerprint density at radius 1 is 1.50 bits per heavy atom. The van der Waals surface area contributed by atoms with Gasteiger partial charge in [0.2, 0.25) is 0 Å². The van der Waals surface area contributed by atoms with Gasteiger partial charge in [-0.15, -0.1) is 0 Å². The number of rotatable bonds is 2. The van der Waals surface area contributed by atoms with E-state index in [1.165, 1.54) is 30.4 Å². The molecule has 1 N–H and O–H groups in total. The van der Waals surface area contributed by atoms with E-state index in [0.717, 1.165) is 6.54 Å². The highest BCUT2D eigenvalue weighted by molar-refractivity contribution is 8.13. The zero-order valence-electron chi connectivity index (χ0n) is 8.99. The summed E-state index contributed by atoms with van der Waals surface area (Å²) in [5, 5.41) is 4.68. The van der Waals surface area contributed by atoms with E-state index in [4.69, 9.17) is 0 Å². The second-order valence-corrected chi connectivity index (χ2v) is 5.36. The fourth-order valence-electron chi connectivity index (χ4n) is 1.75. The molecule has 0 aliphatic carbocycles. The normalized spacial score (nSPS) is 24.6. The molecular formula is C10H19N3S. The third-order valence-electron chi connectivity index (χ3n) is 2.76. The van der Waals surface area contributed by atoms with Crippen LogP contribution in [0.2, 0.25) is 0 Å². The van der Waals surface area contributed by atoms with Crippen LogP contribution >= 0.6 is 11.8 Å². The van der Waals surface area contributed by atoms with Gasteiger partial charge < -0.3 is 5.32 Å². The summed E-state index contributed by atoms with van der Waals surface area (Å²) < 4.78 is 0. The Morgan fingerprint density at radius 3 is 2.86 bits per heavy atom. The van der Waals surface area contributed by atoms with Crippen LogP contribution in [0, 0.1) is 0 Å². The standard InChI is InChI=1S/C10H19N3S/c1-8(2)13-6-9(7-13)12-10-11-4-3-5-14-10/h8-9H,3-7H2,1-2H3,(H,11,12). The van der Waals surface area contributed by atoms with Crippen LogP contribution < -0.4 is 5.32 Å². The lowest BCUT2D eigenvalue weighted by Gasteiger charge is -2.42. The molecule has 2 aliphatic heterocycles. The molecule has 0 amide bonds. The smallest absolute Gasteiger partial charge is 0.156 e. The van der Waals surface area contributed by atoms with Gasteiger partial charge in [-0.1, -0.05) is 11.8 Å². The van der Waals surface area contributed by atoms with Crippen molar-refractivity contribution < 1.29 is 0 Å². The minimum atomic E-state index is 0.641. The van der Waals surface area contributed by atoms with Crippen LogP contribution in [0.5, 0.6) is 0 Å². The maximum atomic E-state index is 4.47. The van der Waals surface area contributed by atoms with Crippen molar-refractivity contribution in [2.24, 2.45) is 4.99 Å². The first-order valence-electron chi connectivity index (χ1n) is 5.43. The van der Waals surface area contributed by atoms with Gasteiger partial charge in [-0.2, -0.15) is 0 Å². The van der Waals surface area contributed by atoms with E-state index in [-0.39, 0.29) is 0 Å². The topological polar surface area (TPSA) is 27.6 Å². The summed E-state index contributed by atoms with van der Waals surface area (Å²) in [6, 6.07) is 1.33. The van der Waals surface area contributed by atoms with E-state index in [0.29, 0.717) is 12.1 Å². The molecule has 0 radical (unpaired) electrons. The van der Waals surface area contributed by atoms with E-state index in [2.05, 4.69) is 29.1 Å². The molecule has 0 aromatic rings. The lowest BCUT2D eigenvalue weighted by Crippen LogP contribution is -2.60. The quantitative estimate of drug-likeness (QED) is 0.746. The molecule has 2 rings (SSSR count). The number of thioether (sulfide) groups is 1. The maximum absolute atomic E-state index is 4.47. The van der Waals surface area contributed by atoms with Crippen LogP contribution in [0.3, 0.4) is 0 Å². The van der Waals surface area contributed by atoms with Crippen molar-refractivity contribution in [3.05, 3.63) is 0 Å². The Labute approximate surface area is 90.3 Å². The average Bonchev–Trinajstić information content (AvgIpc) is 2.12. The number of hydrogen-bond acceptors (Lipinski definition) is 4. The van der Waals surface area contributed by atoms with Gasteiger partial charge in [0.25, 0.3) is 0 Å². The molecular weight excluding hydrogens is 194 g/mol. The molecule has 4 heteroatoms. The van der Waals surface area contributed by atoms with Crippen molar-refractivity contribution in [2.75, 3.05) is 25.4 Å². The van der Waals surface area contributed by atoms with Gasteiger partial charge in [0.15, 0.2) is 5.17 Å². The largest absolute Gasteiger partial charge is 0.360 e. The number of nitrogens with one attached hydrogen (secondary N) is 1. The molecule has 80 valence electrons. The van der Waals surface area contributed by atoms with Crippen LogP contribution in [-0.2, 0) is 0 Å². The van der Waals surface area contributed by atoms with E-state index < -0.39 is 0 Å². The first-order chi connectivity index (χ1) is 6.75. The van der Waals surface area contributed by atoms with Gasteiger partial charge in [-0.3, -0.25) is 9.89 Å². The molecule has 0 saturated carbocycles. The average molecular weight is 213 g/mol. The monoisotopic (exact) mass is 213 g/mol. The molecule has 0 spiro atoms. The zero-order valence-corrected chi connectivity index (χ0v) is 9.81. The zero-order chi connectivity index (χ0) is 9.97. The van der Waals surface area contributed by atoms with E-state index >= 15 is 0 Å². The summed E-state index contributed by atoms with van der Waals surface area (Å²) >= 11 is 1.87. The molecule has 2 aliphatic rings. The van der Waals surface area contributed by atoms with Gasteiger partial charge in [0.05, 0.1) is 6.04 Å². The summed E-state index contributed by atoms with van der Waals surface area (Å²) in [5.41, 5.74) is 0. The molecule has 0 bridgehead atoms. The SMILES string of the molecule is CC(C)N1CC(NC2=NCCCS2)C1. The van der Waals surface area contributed by atoms with Gasteiger partial charge >= 0.3 is 0 Å². The summed E-state index contributed by atoms with van der Waals surface area (Å²) in [6.07, 6.45) is 1.23. The van der Waals surface area contributed by atoms with Crippen LogP contribution in [0.1, 0.15) is 20.3 Å². The fourth-order valence-corrected chi connectivity index (χ4v) is 2.65. The second-order valence-electron chi connectivity index (χ2n) is 4.28. The second kappa shape index (κ2) is 4.53. The Balaban J connectivity index is 1.70. The Kier molecular flexibility index (Phi) is 3.34. The number of nitrogens with zero attached hydrogens (tertiary/aromatic N) is 2. The van der Waals surface area contributed by atoms with E-state index in [1.54, 1.807) is 0 Å². The first-order valence-corrected chi connectivity index (χ1v) is 6.42. The Morgan fingerprint density at radius 2 is 2.29 bits per heavy atom. The molecule has 3 nitrogen and oxygen atoms in total. The highest BCUT2D eigenvalue weighted by Gasteiger charge is 2.29. The number of hydrogen-bond donors (Lipinski definition) is 1. The number of likely N-dealkylation sites (tertiary alicyclic amines) is 1. The summed E-state index contributed by atoms with van der Waals surface area (Å²) in [6.45, 7) is 7.87. The van der Waals surface area contributed by atoms with Crippen molar-refractivity contribution in [2.45, 2.75) is 32.4 Å². The van der Waals surface area contributed by atoms with Crippen molar-refractivity contribution in [3.8, 4) is 0 Å². The van der Waals surface area contributed by atoms with Gasteiger partial charge in [-0.25, -0.2) is 0 Å². The molecule has 2 heterocycles. The first kappa shape index (κ1) is 10.3. The third kappa shape index (κ3) is 2.42. The lowest BCUT2D eigenvalue weighted by atomic mass is 10.1. The minimum absolute atomic E-state index is 0.641. The van der Waals surface area contributed by atoms with Gasteiger partial charge in [-0.05, 0) is 20.3 Å². The highest BCUT2D eigenvalue weighted by atomic mass is 32.2. The van der Waals surface area contributed by atoms with Gasteiger partial charge in [0.1, 0.15) is 0 Å². The number of aliphatic imine (C=N–C) groups is 1. The van der Waals surface area contributed by atoms with Crippen molar-refractivity contribution in [3.63, 3.8) is 0 Å². The molecule has 0 atom stereocenters. The predicted octanol–water partition coefficient (Wildman–Crippen LogP) is 1.16. The Bertz CT molecular complexity index is 221. The molecule has 1 saturated heterocycles. The van der Waals surface area contributed by atoms with Crippen molar-refractivity contribution >= 4 is 16.9 Å². The van der Waals surface area contributed by atoms with Gasteiger partial charge in [0, 0.05) is 31.4 Å². The molecule has 0 aromatic carbocycles. The van der Waals surface area contributed by atoms with E-state index in [9.17, 15) is 0 Å². The van der Waals surface area contributed by atoms with Crippen molar-refractivity contribution in [1.82, 2.24) is 10.2 Å². The molecule has 1 fully saturated rings. The van der Waals surface area contributed by atoms with Crippen molar-refractivity contribution in [1.29, 1.82) is 0 Å². The number of amidine groups is 1. The summed E-state index contributed by atoms with van der Waals surface area (Å²) in [7, 11) is 0. The molecule has 14 heavy (non-hydrogen) atoms. The highest BCUT2D eigenvalue weighted by Crippen LogP contribution is 2.15.